The van der Waals surface area contributed by atoms with Gasteiger partial charge in [-0.2, -0.15) is 0 Å². The van der Waals surface area contributed by atoms with E-state index >= 15 is 0 Å². The molecule has 7 nitrogen and oxygen atoms in total. The summed E-state index contributed by atoms with van der Waals surface area (Å²) in [4.78, 5) is 10.7. The Hall–Kier alpha value is -3.22. The first-order valence-corrected chi connectivity index (χ1v) is 7.91. The van der Waals surface area contributed by atoms with Crippen molar-refractivity contribution in [2.45, 2.75) is 26.4 Å². The molecule has 2 aromatic carbocycles. The van der Waals surface area contributed by atoms with E-state index in [0.29, 0.717) is 30.4 Å². The van der Waals surface area contributed by atoms with E-state index in [4.69, 9.17) is 9.15 Å². The first kappa shape index (κ1) is 16.6. The molecule has 0 atom stereocenters. The topological polar surface area (TPSA) is 91.3 Å². The van der Waals surface area contributed by atoms with Gasteiger partial charge < -0.3 is 9.15 Å². The van der Waals surface area contributed by atoms with Crippen molar-refractivity contribution in [3.8, 4) is 5.75 Å². The van der Waals surface area contributed by atoms with Gasteiger partial charge in [-0.25, -0.2) is 0 Å². The Balaban J connectivity index is 1.82. The minimum Gasteiger partial charge on any atom is -0.484 e. The SMILES string of the molecule is CCc1nnc(COc2ccc([N+](=O)[O-])cc2Cc2ccccc2)o1. The molecule has 0 aliphatic heterocycles. The van der Waals surface area contributed by atoms with Crippen LogP contribution in [0.4, 0.5) is 5.69 Å². The Bertz CT molecular complexity index is 862. The quantitative estimate of drug-likeness (QED) is 0.481. The van der Waals surface area contributed by atoms with Crippen molar-refractivity contribution in [2.75, 3.05) is 0 Å². The fourth-order valence-electron chi connectivity index (χ4n) is 2.40. The van der Waals surface area contributed by atoms with E-state index in [1.54, 1.807) is 6.07 Å². The number of ether oxygens (including phenoxy) is 1. The van der Waals surface area contributed by atoms with Crippen molar-refractivity contribution in [1.29, 1.82) is 0 Å². The average molecular weight is 339 g/mol. The Labute approximate surface area is 144 Å². The minimum atomic E-state index is -0.413. The summed E-state index contributed by atoms with van der Waals surface area (Å²) in [7, 11) is 0. The summed E-state index contributed by atoms with van der Waals surface area (Å²) in [5.74, 6) is 1.48. The molecule has 0 radical (unpaired) electrons. The van der Waals surface area contributed by atoms with Gasteiger partial charge in [-0.3, -0.25) is 10.1 Å². The van der Waals surface area contributed by atoms with Crippen LogP contribution in [-0.2, 0) is 19.4 Å². The summed E-state index contributed by atoms with van der Waals surface area (Å²) in [5.41, 5.74) is 1.80. The van der Waals surface area contributed by atoms with Crippen LogP contribution in [-0.4, -0.2) is 15.1 Å². The maximum Gasteiger partial charge on any atom is 0.269 e. The molecule has 1 heterocycles. The number of nitro benzene ring substituents is 1. The zero-order valence-electron chi connectivity index (χ0n) is 13.7. The zero-order chi connectivity index (χ0) is 17.6. The molecular formula is C18H17N3O4. The first-order valence-electron chi connectivity index (χ1n) is 7.91. The smallest absolute Gasteiger partial charge is 0.269 e. The van der Waals surface area contributed by atoms with Gasteiger partial charge in [-0.15, -0.1) is 10.2 Å². The van der Waals surface area contributed by atoms with E-state index in [1.807, 2.05) is 37.3 Å². The number of rotatable bonds is 7. The molecular weight excluding hydrogens is 322 g/mol. The third-order valence-corrected chi connectivity index (χ3v) is 3.65. The lowest BCUT2D eigenvalue weighted by atomic mass is 10.0. The largest absolute Gasteiger partial charge is 0.484 e. The Morgan fingerprint density at radius 3 is 2.56 bits per heavy atom. The number of non-ortho nitro benzene ring substituents is 1. The second kappa shape index (κ2) is 7.57. The average Bonchev–Trinajstić information content (AvgIpc) is 3.09. The van der Waals surface area contributed by atoms with Crippen LogP contribution < -0.4 is 4.74 Å². The highest BCUT2D eigenvalue weighted by atomic mass is 16.6. The lowest BCUT2D eigenvalue weighted by molar-refractivity contribution is -0.384. The molecule has 0 fully saturated rings. The van der Waals surface area contributed by atoms with Crippen molar-refractivity contribution >= 4 is 5.69 Å². The van der Waals surface area contributed by atoms with E-state index in [1.165, 1.54) is 12.1 Å². The maximum atomic E-state index is 11.1. The summed E-state index contributed by atoms with van der Waals surface area (Å²) >= 11 is 0. The maximum absolute atomic E-state index is 11.1. The van der Waals surface area contributed by atoms with E-state index in [9.17, 15) is 10.1 Å². The molecule has 0 aliphatic rings. The summed E-state index contributed by atoms with van der Waals surface area (Å²) in [6, 6.07) is 14.3. The van der Waals surface area contributed by atoms with E-state index in [0.717, 1.165) is 11.1 Å². The van der Waals surface area contributed by atoms with Gasteiger partial charge in [-0.05, 0) is 11.6 Å². The molecule has 0 saturated carbocycles. The molecule has 0 saturated heterocycles. The van der Waals surface area contributed by atoms with Gasteiger partial charge in [0.2, 0.25) is 5.89 Å². The molecule has 3 rings (SSSR count). The van der Waals surface area contributed by atoms with Crippen molar-refractivity contribution in [2.24, 2.45) is 0 Å². The lowest BCUT2D eigenvalue weighted by Gasteiger charge is -2.10. The van der Waals surface area contributed by atoms with Crippen molar-refractivity contribution < 1.29 is 14.1 Å². The van der Waals surface area contributed by atoms with Gasteiger partial charge in [0, 0.05) is 30.5 Å². The van der Waals surface area contributed by atoms with Crippen molar-refractivity contribution in [1.82, 2.24) is 10.2 Å². The highest BCUT2D eigenvalue weighted by Gasteiger charge is 2.14. The second-order valence-corrected chi connectivity index (χ2v) is 5.44. The molecule has 0 unspecified atom stereocenters. The number of nitro groups is 1. The molecule has 0 spiro atoms. The highest BCUT2D eigenvalue weighted by Crippen LogP contribution is 2.27. The second-order valence-electron chi connectivity index (χ2n) is 5.44. The fraction of sp³-hybridized carbons (Fsp3) is 0.222. The Morgan fingerprint density at radius 1 is 1.12 bits per heavy atom. The first-order chi connectivity index (χ1) is 12.2. The molecule has 25 heavy (non-hydrogen) atoms. The van der Waals surface area contributed by atoms with Crippen LogP contribution in [0.25, 0.3) is 0 Å². The number of benzene rings is 2. The third-order valence-electron chi connectivity index (χ3n) is 3.65. The van der Waals surface area contributed by atoms with E-state index in [-0.39, 0.29) is 12.3 Å². The number of hydrogen-bond acceptors (Lipinski definition) is 6. The van der Waals surface area contributed by atoms with Gasteiger partial charge in [-0.1, -0.05) is 37.3 Å². The standard InChI is InChI=1S/C18H17N3O4/c1-2-17-19-20-18(25-17)12-24-16-9-8-15(21(22)23)11-14(16)10-13-6-4-3-5-7-13/h3-9,11H,2,10,12H2,1H3. The van der Waals surface area contributed by atoms with Crippen LogP contribution in [0.5, 0.6) is 5.75 Å². The van der Waals surface area contributed by atoms with Crippen LogP contribution >= 0.6 is 0 Å². The van der Waals surface area contributed by atoms with Gasteiger partial charge in [0.15, 0.2) is 6.61 Å². The van der Waals surface area contributed by atoms with Crippen LogP contribution in [0, 0.1) is 10.1 Å². The van der Waals surface area contributed by atoms with Gasteiger partial charge >= 0.3 is 0 Å². The van der Waals surface area contributed by atoms with E-state index in [2.05, 4.69) is 10.2 Å². The molecule has 128 valence electrons. The number of aryl methyl sites for hydroxylation is 1. The van der Waals surface area contributed by atoms with Gasteiger partial charge in [0.05, 0.1) is 4.92 Å². The highest BCUT2D eigenvalue weighted by molar-refractivity contribution is 5.46. The Morgan fingerprint density at radius 2 is 1.88 bits per heavy atom. The van der Waals surface area contributed by atoms with Gasteiger partial charge in [0.1, 0.15) is 5.75 Å². The number of aromatic nitrogens is 2. The predicted octanol–water partition coefficient (Wildman–Crippen LogP) is 3.71. The number of nitrogens with zero attached hydrogens (tertiary/aromatic N) is 3. The molecule has 0 aliphatic carbocycles. The molecule has 3 aromatic rings. The molecule has 0 N–H and O–H groups in total. The zero-order valence-corrected chi connectivity index (χ0v) is 13.7. The minimum absolute atomic E-state index is 0.0318. The summed E-state index contributed by atoms with van der Waals surface area (Å²) in [6.45, 7) is 2.04. The van der Waals surface area contributed by atoms with Crippen LogP contribution in [0.15, 0.2) is 52.9 Å². The predicted molar refractivity (Wildman–Crippen MR) is 90.4 cm³/mol. The normalized spacial score (nSPS) is 10.6. The summed E-state index contributed by atoms with van der Waals surface area (Å²) in [5, 5.41) is 18.9. The summed E-state index contributed by atoms with van der Waals surface area (Å²) in [6.07, 6.45) is 1.19. The van der Waals surface area contributed by atoms with Gasteiger partial charge in [0.25, 0.3) is 11.6 Å². The van der Waals surface area contributed by atoms with Crippen molar-refractivity contribution in [3.63, 3.8) is 0 Å². The molecule has 0 amide bonds. The van der Waals surface area contributed by atoms with Crippen LogP contribution in [0.1, 0.15) is 29.8 Å². The van der Waals surface area contributed by atoms with Crippen LogP contribution in [0.3, 0.4) is 0 Å². The molecule has 7 heteroatoms. The Kier molecular flexibility index (Phi) is 5.03. The molecule has 0 bridgehead atoms. The number of hydrogen-bond donors (Lipinski definition) is 0. The van der Waals surface area contributed by atoms with Crippen molar-refractivity contribution in [3.05, 3.63) is 81.6 Å². The molecule has 1 aromatic heterocycles. The fourth-order valence-corrected chi connectivity index (χ4v) is 2.40. The van der Waals surface area contributed by atoms with Crippen LogP contribution in [0.2, 0.25) is 0 Å². The third kappa shape index (κ3) is 4.20. The monoisotopic (exact) mass is 339 g/mol. The summed E-state index contributed by atoms with van der Waals surface area (Å²) < 4.78 is 11.2. The lowest BCUT2D eigenvalue weighted by Crippen LogP contribution is -2.01. The van der Waals surface area contributed by atoms with E-state index < -0.39 is 4.92 Å².